The van der Waals surface area contributed by atoms with Crippen molar-refractivity contribution in [3.63, 3.8) is 0 Å². The van der Waals surface area contributed by atoms with Crippen LogP contribution >= 0.6 is 0 Å². The molecular weight excluding hydrogens is 164 g/mol. The molecule has 0 amide bonds. The first kappa shape index (κ1) is 9.92. The molecular formula is C8H12CrO. The van der Waals surface area contributed by atoms with E-state index < -0.39 is 0 Å². The van der Waals surface area contributed by atoms with Crippen LogP contribution in [0.25, 0.3) is 0 Å². The van der Waals surface area contributed by atoms with Crippen molar-refractivity contribution in [3.8, 4) is 11.8 Å². The van der Waals surface area contributed by atoms with Gasteiger partial charge in [-0.25, -0.2) is 0 Å². The van der Waals surface area contributed by atoms with Gasteiger partial charge in [0.05, 0.1) is 0 Å². The maximum atomic E-state index is 4.83. The van der Waals surface area contributed by atoms with Gasteiger partial charge in [-0.1, -0.05) is 0 Å². The molecule has 0 aliphatic heterocycles. The summed E-state index contributed by atoms with van der Waals surface area (Å²) < 4.78 is 5.48. The van der Waals surface area contributed by atoms with Crippen LogP contribution in [0.4, 0.5) is 0 Å². The van der Waals surface area contributed by atoms with E-state index in [1.54, 1.807) is 7.11 Å². The number of methoxy groups -OCH3 is 1. The Morgan fingerprint density at radius 2 is 1.90 bits per heavy atom. The average molecular weight is 176 g/mol. The summed E-state index contributed by atoms with van der Waals surface area (Å²) in [6.45, 7) is 6.18. The Kier molecular flexibility index (Phi) is 3.91. The van der Waals surface area contributed by atoms with Crippen LogP contribution in [0.1, 0.15) is 20.8 Å². The van der Waals surface area contributed by atoms with Crippen LogP contribution in [-0.4, -0.2) is 11.7 Å². The van der Waals surface area contributed by atoms with E-state index in [1.165, 1.54) is 0 Å². The Bertz CT molecular complexity index is 178. The van der Waals surface area contributed by atoms with E-state index >= 15 is 0 Å². The molecule has 0 saturated carbocycles. The second-order valence-electron chi connectivity index (χ2n) is 2.99. The normalized spacial score (nSPS) is 10.0. The van der Waals surface area contributed by atoms with Gasteiger partial charge in [-0.3, -0.25) is 0 Å². The summed E-state index contributed by atoms with van der Waals surface area (Å²) in [5.41, 5.74) is 0.0492. The van der Waals surface area contributed by atoms with Gasteiger partial charge < -0.3 is 0 Å². The molecule has 0 radical (unpaired) electrons. The minimum atomic E-state index is 0.0492. The minimum absolute atomic E-state index is 0.0492. The molecule has 0 rings (SSSR count). The predicted molar refractivity (Wildman–Crippen MR) is 39.2 cm³/mol. The van der Waals surface area contributed by atoms with Crippen LogP contribution in [0.2, 0.25) is 0 Å². The number of ether oxygens (including phenoxy) is 1. The molecule has 0 aliphatic rings. The summed E-state index contributed by atoms with van der Waals surface area (Å²) in [5, 5.41) is 0. The molecule has 2 heteroatoms. The Hall–Kier alpha value is -0.0775. The molecule has 0 heterocycles. The van der Waals surface area contributed by atoms with Crippen molar-refractivity contribution in [2.45, 2.75) is 20.8 Å². The van der Waals surface area contributed by atoms with Crippen molar-refractivity contribution in [2.75, 3.05) is 7.11 Å². The molecule has 0 aromatic rings. The topological polar surface area (TPSA) is 9.23 Å². The third kappa shape index (κ3) is 6.05. The van der Waals surface area contributed by atoms with E-state index in [2.05, 4.69) is 48.5 Å². The first-order valence-corrected chi connectivity index (χ1v) is 3.70. The van der Waals surface area contributed by atoms with Gasteiger partial charge in [-0.2, -0.15) is 0 Å². The molecule has 0 aliphatic carbocycles. The number of hydrogen-bond acceptors (Lipinski definition) is 1. The van der Waals surface area contributed by atoms with Crippen LogP contribution < -0.4 is 0 Å². The zero-order valence-electron chi connectivity index (χ0n) is 6.82. The molecule has 0 fully saturated rings. The Morgan fingerprint density at radius 3 is 2.20 bits per heavy atom. The molecule has 0 spiro atoms. The maximum absolute atomic E-state index is 4.83. The van der Waals surface area contributed by atoms with Crippen molar-refractivity contribution in [1.82, 2.24) is 0 Å². The first-order valence-electron chi connectivity index (χ1n) is 3.07. The molecule has 0 N–H and O–H groups in total. The van der Waals surface area contributed by atoms with Crippen LogP contribution in [0.3, 0.4) is 0 Å². The summed E-state index contributed by atoms with van der Waals surface area (Å²) in [6.07, 6.45) is 0. The zero-order valence-corrected chi connectivity index (χ0v) is 8.09. The van der Waals surface area contributed by atoms with Crippen molar-refractivity contribution in [1.29, 1.82) is 0 Å². The molecule has 1 nitrogen and oxygen atoms in total. The SMILES string of the molecule is CO[C](=[Cr])C#CC(C)(C)C. The van der Waals surface area contributed by atoms with Gasteiger partial charge in [0.15, 0.2) is 0 Å². The average Bonchev–Trinajstić information content (AvgIpc) is 1.81. The first-order chi connectivity index (χ1) is 4.45. The summed E-state index contributed by atoms with van der Waals surface area (Å²) >= 11 is 2.72. The monoisotopic (exact) mass is 176 g/mol. The second kappa shape index (κ2) is 3.94. The van der Waals surface area contributed by atoms with E-state index in [0.29, 0.717) is 4.57 Å². The van der Waals surface area contributed by atoms with Gasteiger partial charge in [-0.05, 0) is 0 Å². The predicted octanol–water partition coefficient (Wildman–Crippen LogP) is 1.36. The Morgan fingerprint density at radius 1 is 1.40 bits per heavy atom. The standard InChI is InChI=1S/C8H12O.Cr/c1-8(2,3)6-5-7-9-4;/h1-4H3;. The molecule has 0 unspecified atom stereocenters. The van der Waals surface area contributed by atoms with E-state index in [-0.39, 0.29) is 5.41 Å². The van der Waals surface area contributed by atoms with Crippen LogP contribution in [0.15, 0.2) is 0 Å². The Labute approximate surface area is 70.7 Å². The fourth-order valence-electron chi connectivity index (χ4n) is 0.290. The van der Waals surface area contributed by atoms with E-state index in [0.717, 1.165) is 0 Å². The van der Waals surface area contributed by atoms with Crippen LogP contribution in [-0.2, 0) is 20.6 Å². The summed E-state index contributed by atoms with van der Waals surface area (Å²) in [4.78, 5) is 0. The van der Waals surface area contributed by atoms with Crippen molar-refractivity contribution in [3.05, 3.63) is 0 Å². The molecule has 0 aromatic heterocycles. The summed E-state index contributed by atoms with van der Waals surface area (Å²) in [5.74, 6) is 5.89. The molecule has 0 bridgehead atoms. The van der Waals surface area contributed by atoms with Crippen molar-refractivity contribution >= 4 is 4.57 Å². The molecule has 0 saturated heterocycles. The van der Waals surface area contributed by atoms with Gasteiger partial charge in [0, 0.05) is 0 Å². The van der Waals surface area contributed by atoms with Crippen molar-refractivity contribution < 1.29 is 20.6 Å². The molecule has 0 aromatic carbocycles. The van der Waals surface area contributed by atoms with Gasteiger partial charge in [-0.15, -0.1) is 0 Å². The fraction of sp³-hybridized carbons (Fsp3) is 0.625. The van der Waals surface area contributed by atoms with E-state index in [4.69, 9.17) is 4.74 Å². The van der Waals surface area contributed by atoms with Crippen LogP contribution in [0.5, 0.6) is 0 Å². The molecule has 10 heavy (non-hydrogen) atoms. The van der Waals surface area contributed by atoms with Gasteiger partial charge >= 0.3 is 70.3 Å². The third-order valence-electron chi connectivity index (χ3n) is 0.725. The van der Waals surface area contributed by atoms with Gasteiger partial charge in [0.25, 0.3) is 0 Å². The summed E-state index contributed by atoms with van der Waals surface area (Å²) in [6, 6.07) is 0. The second-order valence-corrected chi connectivity index (χ2v) is 3.57. The van der Waals surface area contributed by atoms with Crippen molar-refractivity contribution in [2.24, 2.45) is 5.41 Å². The molecule has 56 valence electrons. The number of rotatable bonds is 1. The van der Waals surface area contributed by atoms with Gasteiger partial charge in [0.1, 0.15) is 0 Å². The quantitative estimate of drug-likeness (QED) is 0.548. The van der Waals surface area contributed by atoms with Gasteiger partial charge in [0.2, 0.25) is 0 Å². The number of hydrogen-bond donors (Lipinski definition) is 0. The van der Waals surface area contributed by atoms with E-state index in [9.17, 15) is 0 Å². The Balaban J connectivity index is 4.05. The van der Waals surface area contributed by atoms with E-state index in [1.807, 2.05) is 0 Å². The fourth-order valence-corrected chi connectivity index (χ4v) is 0.369. The molecule has 0 atom stereocenters. The third-order valence-corrected chi connectivity index (χ3v) is 1.14. The summed E-state index contributed by atoms with van der Waals surface area (Å²) in [7, 11) is 1.60. The van der Waals surface area contributed by atoms with Crippen LogP contribution in [0, 0.1) is 17.3 Å². The zero-order chi connectivity index (χ0) is 8.20.